The van der Waals surface area contributed by atoms with Crippen molar-refractivity contribution in [2.24, 2.45) is 18.5 Å². The van der Waals surface area contributed by atoms with Crippen molar-refractivity contribution >= 4 is 24.0 Å². The number of aromatic amines is 1. The molecule has 4 atom stereocenters. The Labute approximate surface area is 185 Å². The van der Waals surface area contributed by atoms with Crippen LogP contribution in [0.5, 0.6) is 0 Å². The van der Waals surface area contributed by atoms with E-state index in [0.29, 0.717) is 17.1 Å². The fourth-order valence-electron chi connectivity index (χ4n) is 3.18. The number of aryl methyl sites for hydroxylation is 2. The fourth-order valence-corrected chi connectivity index (χ4v) is 3.18. The number of hydrogen-bond acceptors (Lipinski definition) is 8. The van der Waals surface area contributed by atoms with E-state index in [0.717, 1.165) is 4.90 Å². The summed E-state index contributed by atoms with van der Waals surface area (Å²) >= 11 is 0. The Kier molecular flexibility index (Phi) is 8.38. The van der Waals surface area contributed by atoms with Gasteiger partial charge in [0, 0.05) is 31.8 Å². The molecule has 1 radical (unpaired) electrons. The second kappa shape index (κ2) is 10.8. The van der Waals surface area contributed by atoms with E-state index in [9.17, 15) is 19.2 Å². The van der Waals surface area contributed by atoms with E-state index in [1.165, 1.54) is 20.2 Å². The Bertz CT molecular complexity index is 933. The number of carbonyl (C=O) groups is 3. The summed E-state index contributed by atoms with van der Waals surface area (Å²) in [6, 6.07) is -4.39. The molecule has 2 heterocycles. The van der Waals surface area contributed by atoms with Crippen LogP contribution in [0.1, 0.15) is 30.9 Å². The first-order valence-electron chi connectivity index (χ1n) is 10.1. The quantitative estimate of drug-likeness (QED) is 0.332. The zero-order chi connectivity index (χ0) is 24.0. The first kappa shape index (κ1) is 24.9. The normalized spacial score (nSPS) is 14.8. The average molecular weight is 446 g/mol. The van der Waals surface area contributed by atoms with Crippen molar-refractivity contribution in [2.75, 3.05) is 0 Å². The van der Waals surface area contributed by atoms with Crippen LogP contribution in [0, 0.1) is 6.92 Å². The van der Waals surface area contributed by atoms with Gasteiger partial charge < -0.3 is 26.3 Å². The van der Waals surface area contributed by atoms with E-state index < -0.39 is 41.9 Å². The second-order valence-corrected chi connectivity index (χ2v) is 7.66. The number of nitrogens with zero attached hydrogens (tertiary/aromatic N) is 4. The number of imide groups is 1. The molecule has 3 amide bonds. The number of carbonyl (C=O) groups excluding carboxylic acids is 4. The fraction of sp³-hybridized carbons (Fsp3) is 0.500. The number of imidazole rings is 2. The summed E-state index contributed by atoms with van der Waals surface area (Å²) in [6.07, 6.45) is 6.56. The molecule has 32 heavy (non-hydrogen) atoms. The van der Waals surface area contributed by atoms with E-state index >= 15 is 0 Å². The highest BCUT2D eigenvalue weighted by atomic mass is 16.2. The van der Waals surface area contributed by atoms with E-state index in [-0.39, 0.29) is 12.8 Å². The van der Waals surface area contributed by atoms with Gasteiger partial charge in [-0.15, -0.1) is 0 Å². The smallest absolute Gasteiger partial charge is 0.252 e. The lowest BCUT2D eigenvalue weighted by Gasteiger charge is -2.30. The highest BCUT2D eigenvalue weighted by molar-refractivity contribution is 6.03. The number of aromatic nitrogens is 4. The van der Waals surface area contributed by atoms with Gasteiger partial charge >= 0.3 is 0 Å². The standard InChI is InChI=1S/C20H29N8O4/c1-11(21)19(31)28(15(8-29)6-17-12(2)25-10-27(17)4)20(32)13(3)26-18(30)16(22)5-14-7-23-9-24-14/h7,9-11,13,15-16H,5-6,21-22H2,1-4H3,(H,23,24)(H,26,30)/t11-,13-,15-,16-/m0/s1. The van der Waals surface area contributed by atoms with Gasteiger partial charge in [0.05, 0.1) is 36.1 Å². The van der Waals surface area contributed by atoms with Crippen molar-refractivity contribution < 1.29 is 19.2 Å². The molecule has 0 aliphatic heterocycles. The zero-order valence-electron chi connectivity index (χ0n) is 18.5. The Balaban J connectivity index is 2.19. The number of amides is 3. The predicted octanol–water partition coefficient (Wildman–Crippen LogP) is -1.75. The van der Waals surface area contributed by atoms with Crippen molar-refractivity contribution in [2.45, 2.75) is 57.8 Å². The summed E-state index contributed by atoms with van der Waals surface area (Å²) in [5.74, 6) is -2.15. The van der Waals surface area contributed by atoms with Gasteiger partial charge in [-0.05, 0) is 20.8 Å². The summed E-state index contributed by atoms with van der Waals surface area (Å²) in [6.45, 7) is 4.56. The van der Waals surface area contributed by atoms with Gasteiger partial charge in [-0.1, -0.05) is 0 Å². The lowest BCUT2D eigenvalue weighted by molar-refractivity contribution is -0.149. The monoisotopic (exact) mass is 445 g/mol. The molecule has 0 unspecified atom stereocenters. The van der Waals surface area contributed by atoms with Crippen LogP contribution in [0.25, 0.3) is 0 Å². The summed E-state index contributed by atoms with van der Waals surface area (Å²) in [5.41, 5.74) is 13.5. The lowest BCUT2D eigenvalue weighted by Crippen LogP contribution is -2.58. The molecule has 2 aromatic rings. The van der Waals surface area contributed by atoms with Gasteiger partial charge in [0.15, 0.2) is 0 Å². The second-order valence-electron chi connectivity index (χ2n) is 7.66. The molecule has 0 bridgehead atoms. The summed E-state index contributed by atoms with van der Waals surface area (Å²) in [4.78, 5) is 61.8. The molecule has 173 valence electrons. The third kappa shape index (κ3) is 5.86. The van der Waals surface area contributed by atoms with Crippen LogP contribution >= 0.6 is 0 Å². The molecular formula is C20H29N8O4. The molecule has 0 fully saturated rings. The van der Waals surface area contributed by atoms with E-state index in [1.807, 2.05) is 0 Å². The van der Waals surface area contributed by atoms with Gasteiger partial charge in [0.1, 0.15) is 12.1 Å². The van der Waals surface area contributed by atoms with Crippen molar-refractivity contribution in [3.8, 4) is 0 Å². The van der Waals surface area contributed by atoms with Crippen LogP contribution in [0.15, 0.2) is 18.9 Å². The molecule has 0 spiro atoms. The van der Waals surface area contributed by atoms with Crippen LogP contribution < -0.4 is 16.8 Å². The Morgan fingerprint density at radius 1 is 1.22 bits per heavy atom. The minimum atomic E-state index is -1.24. The van der Waals surface area contributed by atoms with Gasteiger partial charge in [-0.2, -0.15) is 0 Å². The molecular weight excluding hydrogens is 416 g/mol. The number of nitrogens with one attached hydrogen (secondary N) is 2. The van der Waals surface area contributed by atoms with Gasteiger partial charge in [0.2, 0.25) is 18.1 Å². The minimum Gasteiger partial charge on any atom is -0.351 e. The van der Waals surface area contributed by atoms with Crippen LogP contribution in [0.4, 0.5) is 0 Å². The highest BCUT2D eigenvalue weighted by Crippen LogP contribution is 2.14. The number of hydrogen-bond donors (Lipinski definition) is 4. The van der Waals surface area contributed by atoms with Crippen molar-refractivity contribution in [3.05, 3.63) is 35.9 Å². The molecule has 0 saturated heterocycles. The van der Waals surface area contributed by atoms with E-state index in [4.69, 9.17) is 11.5 Å². The zero-order valence-corrected chi connectivity index (χ0v) is 18.5. The number of H-pyrrole nitrogens is 1. The van der Waals surface area contributed by atoms with Crippen molar-refractivity contribution in [1.82, 2.24) is 29.7 Å². The SMILES string of the molecule is Cc1ncn(C)c1C[C@@H]([C]=O)N(C(=O)[C@H](C)N)C(=O)[C@H](C)NC(=O)[C@@H](N)Cc1c[nH]cn1. The summed E-state index contributed by atoms with van der Waals surface area (Å²) < 4.78 is 1.69. The lowest BCUT2D eigenvalue weighted by atomic mass is 10.1. The number of rotatable bonds is 10. The Morgan fingerprint density at radius 3 is 2.41 bits per heavy atom. The van der Waals surface area contributed by atoms with Crippen LogP contribution in [0.3, 0.4) is 0 Å². The molecule has 0 aliphatic carbocycles. The Morgan fingerprint density at radius 2 is 1.91 bits per heavy atom. The largest absolute Gasteiger partial charge is 0.351 e. The predicted molar refractivity (Wildman–Crippen MR) is 115 cm³/mol. The average Bonchev–Trinajstić information content (AvgIpc) is 3.37. The van der Waals surface area contributed by atoms with Crippen LogP contribution in [0.2, 0.25) is 0 Å². The van der Waals surface area contributed by atoms with E-state index in [1.54, 1.807) is 37.3 Å². The first-order valence-corrected chi connectivity index (χ1v) is 10.1. The van der Waals surface area contributed by atoms with Gasteiger partial charge in [0.25, 0.3) is 5.91 Å². The molecule has 2 aromatic heterocycles. The summed E-state index contributed by atoms with van der Waals surface area (Å²) in [5, 5.41) is 2.49. The third-order valence-corrected chi connectivity index (χ3v) is 5.02. The molecule has 12 heteroatoms. The van der Waals surface area contributed by atoms with Crippen molar-refractivity contribution in [3.63, 3.8) is 0 Å². The Hall–Kier alpha value is -3.38. The number of nitrogens with two attached hydrogens (primary N) is 2. The van der Waals surface area contributed by atoms with Gasteiger partial charge in [-0.25, -0.2) is 9.97 Å². The van der Waals surface area contributed by atoms with Gasteiger partial charge in [-0.3, -0.25) is 24.1 Å². The third-order valence-electron chi connectivity index (χ3n) is 5.02. The molecule has 0 saturated carbocycles. The van der Waals surface area contributed by atoms with Crippen LogP contribution in [-0.4, -0.2) is 72.6 Å². The molecule has 0 aliphatic rings. The van der Waals surface area contributed by atoms with Crippen molar-refractivity contribution in [1.29, 1.82) is 0 Å². The topological polar surface area (TPSA) is 182 Å². The molecule has 2 rings (SSSR count). The summed E-state index contributed by atoms with van der Waals surface area (Å²) in [7, 11) is 1.74. The first-order chi connectivity index (χ1) is 15.1. The van der Waals surface area contributed by atoms with Crippen LogP contribution in [-0.2, 0) is 39.1 Å². The van der Waals surface area contributed by atoms with E-state index in [2.05, 4.69) is 20.3 Å². The molecule has 6 N–H and O–H groups in total. The molecule has 12 nitrogen and oxygen atoms in total. The minimum absolute atomic E-state index is 0.00930. The molecule has 0 aromatic carbocycles. The maximum Gasteiger partial charge on any atom is 0.252 e. The maximum absolute atomic E-state index is 13.1. The highest BCUT2D eigenvalue weighted by Gasteiger charge is 2.36. The maximum atomic E-state index is 13.1.